The van der Waals surface area contributed by atoms with E-state index in [0.29, 0.717) is 12.8 Å². The van der Waals surface area contributed by atoms with E-state index in [0.717, 1.165) is 25.7 Å². The fraction of sp³-hybridized carbons (Fsp3) is 0.588. The molecule has 0 heterocycles. The van der Waals surface area contributed by atoms with Gasteiger partial charge in [-0.1, -0.05) is 50.3 Å². The highest BCUT2D eigenvalue weighted by molar-refractivity contribution is 5.29. The molecule has 0 amide bonds. The molecule has 0 spiro atoms. The average molecular weight is 275 g/mol. The van der Waals surface area contributed by atoms with E-state index >= 15 is 0 Å². The van der Waals surface area contributed by atoms with Crippen molar-refractivity contribution in [3.63, 3.8) is 0 Å². The fourth-order valence-corrected chi connectivity index (χ4v) is 3.33. The number of hydrogen-bond acceptors (Lipinski definition) is 2. The highest BCUT2D eigenvalue weighted by Gasteiger charge is 2.49. The summed E-state index contributed by atoms with van der Waals surface area (Å²) in [6.07, 6.45) is 6.43. The summed E-state index contributed by atoms with van der Waals surface area (Å²) in [5, 5.41) is 20.7. The Morgan fingerprint density at radius 3 is 2.25 bits per heavy atom. The number of hydrogen-bond donors (Lipinski definition) is 1. The van der Waals surface area contributed by atoms with Gasteiger partial charge in [-0.2, -0.15) is 5.26 Å². The number of nitriles is 1. The Morgan fingerprint density at radius 2 is 1.70 bits per heavy atom. The van der Waals surface area contributed by atoms with Crippen LogP contribution in [0.1, 0.15) is 57.4 Å². The van der Waals surface area contributed by atoms with Crippen LogP contribution in [0.3, 0.4) is 0 Å². The molecule has 2 rings (SSSR count). The zero-order chi connectivity index (χ0) is 14.6. The topological polar surface area (TPSA) is 44.0 Å². The Balaban J connectivity index is 2.42. The third-order valence-electron chi connectivity index (χ3n) is 4.75. The van der Waals surface area contributed by atoms with Gasteiger partial charge in [-0.3, -0.25) is 0 Å². The van der Waals surface area contributed by atoms with Gasteiger partial charge in [-0.15, -0.1) is 0 Å². The first-order valence-corrected chi connectivity index (χ1v) is 7.42. The van der Waals surface area contributed by atoms with Gasteiger partial charge >= 0.3 is 0 Å². The van der Waals surface area contributed by atoms with E-state index in [9.17, 15) is 14.8 Å². The molecule has 1 N–H and O–H groups in total. The molecule has 108 valence electrons. The molecule has 20 heavy (non-hydrogen) atoms. The van der Waals surface area contributed by atoms with Gasteiger partial charge in [-0.25, -0.2) is 4.39 Å². The molecule has 0 bridgehead atoms. The predicted molar refractivity (Wildman–Crippen MR) is 76.3 cm³/mol. The van der Waals surface area contributed by atoms with E-state index in [4.69, 9.17) is 0 Å². The smallest absolute Gasteiger partial charge is 0.129 e. The number of aliphatic hydroxyl groups is 1. The zero-order valence-electron chi connectivity index (χ0n) is 12.0. The minimum atomic E-state index is -1.45. The first kappa shape index (κ1) is 15.0. The molecule has 3 heteroatoms. The van der Waals surface area contributed by atoms with Crippen LogP contribution in [0.15, 0.2) is 24.3 Å². The van der Waals surface area contributed by atoms with Crippen LogP contribution in [-0.4, -0.2) is 5.11 Å². The Bertz CT molecular complexity index is 496. The van der Waals surface area contributed by atoms with Gasteiger partial charge in [0.1, 0.15) is 11.4 Å². The van der Waals surface area contributed by atoms with Crippen molar-refractivity contribution in [3.05, 3.63) is 35.6 Å². The molecular weight excluding hydrogens is 253 g/mol. The van der Waals surface area contributed by atoms with Crippen LogP contribution < -0.4 is 0 Å². The first-order chi connectivity index (χ1) is 9.53. The molecule has 0 saturated heterocycles. The normalized spacial score (nSPS) is 22.1. The minimum absolute atomic E-state index is 0.238. The van der Waals surface area contributed by atoms with Crippen molar-refractivity contribution in [2.45, 2.75) is 57.5 Å². The van der Waals surface area contributed by atoms with Gasteiger partial charge in [0, 0.05) is 5.56 Å². The molecule has 1 unspecified atom stereocenters. The van der Waals surface area contributed by atoms with Crippen molar-refractivity contribution in [1.29, 1.82) is 5.26 Å². The van der Waals surface area contributed by atoms with Crippen molar-refractivity contribution in [1.82, 2.24) is 0 Å². The lowest BCUT2D eigenvalue weighted by Crippen LogP contribution is -2.43. The maximum Gasteiger partial charge on any atom is 0.129 e. The Morgan fingerprint density at radius 1 is 1.15 bits per heavy atom. The largest absolute Gasteiger partial charge is 0.384 e. The SMILES string of the molecule is CC(O)(c1ccccc1F)C1(C#N)CCCCCCC1. The molecule has 0 radical (unpaired) electrons. The van der Waals surface area contributed by atoms with Crippen molar-refractivity contribution >= 4 is 0 Å². The van der Waals surface area contributed by atoms with Gasteiger partial charge in [0.15, 0.2) is 0 Å². The quantitative estimate of drug-likeness (QED) is 0.875. The molecule has 1 saturated carbocycles. The monoisotopic (exact) mass is 275 g/mol. The third kappa shape index (κ3) is 2.58. The second-order valence-corrected chi connectivity index (χ2v) is 6.01. The van der Waals surface area contributed by atoms with Crippen molar-refractivity contribution in [2.75, 3.05) is 0 Å². The van der Waals surface area contributed by atoms with E-state index in [-0.39, 0.29) is 5.56 Å². The lowest BCUT2D eigenvalue weighted by Gasteiger charge is -2.42. The molecule has 1 fully saturated rings. The number of benzene rings is 1. The maximum atomic E-state index is 14.1. The van der Waals surface area contributed by atoms with E-state index in [2.05, 4.69) is 6.07 Å². The van der Waals surface area contributed by atoms with E-state index in [1.165, 1.54) is 12.5 Å². The number of nitrogens with zero attached hydrogens (tertiary/aromatic N) is 1. The zero-order valence-corrected chi connectivity index (χ0v) is 12.0. The highest BCUT2D eigenvalue weighted by atomic mass is 19.1. The summed E-state index contributed by atoms with van der Waals surface area (Å²) in [5.41, 5.74) is -2.11. The van der Waals surface area contributed by atoms with Gasteiger partial charge in [0.05, 0.1) is 11.5 Å². The second-order valence-electron chi connectivity index (χ2n) is 6.01. The van der Waals surface area contributed by atoms with Crippen LogP contribution >= 0.6 is 0 Å². The van der Waals surface area contributed by atoms with Crippen molar-refractivity contribution in [3.8, 4) is 6.07 Å². The van der Waals surface area contributed by atoms with Crippen molar-refractivity contribution < 1.29 is 9.50 Å². The Labute approximate surface area is 120 Å². The van der Waals surface area contributed by atoms with Gasteiger partial charge in [0.25, 0.3) is 0 Å². The summed E-state index contributed by atoms with van der Waals surface area (Å²) >= 11 is 0. The van der Waals surface area contributed by atoms with Crippen LogP contribution in [0.4, 0.5) is 4.39 Å². The molecule has 2 nitrogen and oxygen atoms in total. The summed E-state index contributed by atoms with van der Waals surface area (Å²) in [6, 6.07) is 8.58. The molecule has 1 aromatic carbocycles. The van der Waals surface area contributed by atoms with Crippen LogP contribution in [0, 0.1) is 22.6 Å². The van der Waals surface area contributed by atoms with E-state index in [1.807, 2.05) is 0 Å². The molecule has 1 aliphatic rings. The Kier molecular flexibility index (Phi) is 4.45. The van der Waals surface area contributed by atoms with E-state index in [1.54, 1.807) is 25.1 Å². The van der Waals surface area contributed by atoms with Crippen LogP contribution in [-0.2, 0) is 5.60 Å². The Hall–Kier alpha value is -1.40. The maximum absolute atomic E-state index is 14.1. The van der Waals surface area contributed by atoms with Gasteiger partial charge in [0.2, 0.25) is 0 Å². The van der Waals surface area contributed by atoms with Crippen molar-refractivity contribution in [2.24, 2.45) is 5.41 Å². The summed E-state index contributed by atoms with van der Waals surface area (Å²) in [5.74, 6) is -0.436. The summed E-state index contributed by atoms with van der Waals surface area (Å²) in [7, 11) is 0. The summed E-state index contributed by atoms with van der Waals surface area (Å²) in [4.78, 5) is 0. The van der Waals surface area contributed by atoms with Gasteiger partial charge in [-0.05, 0) is 25.8 Å². The lowest BCUT2D eigenvalue weighted by atomic mass is 9.64. The molecular formula is C17H22FNO. The number of halogens is 1. The molecule has 0 aromatic heterocycles. The fourth-order valence-electron chi connectivity index (χ4n) is 3.33. The lowest BCUT2D eigenvalue weighted by molar-refractivity contribution is -0.0607. The van der Waals surface area contributed by atoms with Crippen LogP contribution in [0.5, 0.6) is 0 Å². The first-order valence-electron chi connectivity index (χ1n) is 7.42. The van der Waals surface area contributed by atoms with E-state index < -0.39 is 16.8 Å². The van der Waals surface area contributed by atoms with Crippen LogP contribution in [0.25, 0.3) is 0 Å². The summed E-state index contributed by atoms with van der Waals surface area (Å²) < 4.78 is 14.1. The number of rotatable bonds is 2. The van der Waals surface area contributed by atoms with Gasteiger partial charge < -0.3 is 5.11 Å². The second kappa shape index (κ2) is 5.93. The molecule has 1 aliphatic carbocycles. The molecule has 1 atom stereocenters. The third-order valence-corrected chi connectivity index (χ3v) is 4.75. The summed E-state index contributed by atoms with van der Waals surface area (Å²) in [6.45, 7) is 1.59. The molecule has 1 aromatic rings. The average Bonchev–Trinajstić information content (AvgIpc) is 2.39. The predicted octanol–water partition coefficient (Wildman–Crippen LogP) is 4.29. The molecule has 0 aliphatic heterocycles. The minimum Gasteiger partial charge on any atom is -0.384 e. The highest BCUT2D eigenvalue weighted by Crippen LogP contribution is 2.48. The standard InChI is InChI=1S/C17H22FNO/c1-16(20,14-9-5-6-10-15(14)18)17(13-19)11-7-3-2-4-8-12-17/h5-6,9-10,20H,2-4,7-8,11-12H2,1H3. The van der Waals surface area contributed by atoms with Crippen LogP contribution in [0.2, 0.25) is 0 Å².